The van der Waals surface area contributed by atoms with Gasteiger partial charge in [0.1, 0.15) is 11.6 Å². The van der Waals surface area contributed by atoms with Crippen molar-refractivity contribution in [1.29, 1.82) is 0 Å². The zero-order chi connectivity index (χ0) is 13.4. The van der Waals surface area contributed by atoms with Crippen LogP contribution in [0.4, 0.5) is 8.78 Å². The van der Waals surface area contributed by atoms with Gasteiger partial charge in [-0.2, -0.15) is 0 Å². The van der Waals surface area contributed by atoms with Crippen LogP contribution in [0.5, 0.6) is 0 Å². The number of nitrogens with two attached hydrogens (primary N) is 1. The Bertz CT molecular complexity index is 335. The van der Waals surface area contributed by atoms with Crippen LogP contribution < -0.4 is 11.3 Å². The maximum absolute atomic E-state index is 13.1. The molecule has 4 heteroatoms. The Labute approximate surface area is 108 Å². The second-order valence-corrected chi connectivity index (χ2v) is 4.62. The number of hydrogen-bond donors (Lipinski definition) is 2. The van der Waals surface area contributed by atoms with Crippen LogP contribution in [0, 0.1) is 11.6 Å². The van der Waals surface area contributed by atoms with Gasteiger partial charge >= 0.3 is 0 Å². The number of unbranched alkanes of at least 4 members (excludes halogenated alkanes) is 4. The lowest BCUT2D eigenvalue weighted by Gasteiger charge is -2.16. The van der Waals surface area contributed by atoms with Crippen LogP contribution in [-0.2, 0) is 0 Å². The molecule has 0 amide bonds. The summed E-state index contributed by atoms with van der Waals surface area (Å²) in [6.45, 7) is 2.17. The summed E-state index contributed by atoms with van der Waals surface area (Å²) in [5.74, 6) is 4.33. The van der Waals surface area contributed by atoms with Crippen LogP contribution in [0.2, 0.25) is 0 Å². The summed E-state index contributed by atoms with van der Waals surface area (Å²) in [6.07, 6.45) is 6.56. The molecular weight excluding hydrogens is 234 g/mol. The van der Waals surface area contributed by atoms with Crippen molar-refractivity contribution in [2.45, 2.75) is 51.5 Å². The highest BCUT2D eigenvalue weighted by molar-refractivity contribution is 5.21. The van der Waals surface area contributed by atoms with E-state index in [4.69, 9.17) is 5.84 Å². The largest absolute Gasteiger partial charge is 0.271 e. The zero-order valence-corrected chi connectivity index (χ0v) is 10.9. The van der Waals surface area contributed by atoms with Gasteiger partial charge in [-0.3, -0.25) is 11.3 Å². The van der Waals surface area contributed by atoms with E-state index in [-0.39, 0.29) is 6.04 Å². The van der Waals surface area contributed by atoms with E-state index >= 15 is 0 Å². The maximum atomic E-state index is 13.1. The molecule has 0 aliphatic carbocycles. The van der Waals surface area contributed by atoms with Gasteiger partial charge in [0.2, 0.25) is 0 Å². The second-order valence-electron chi connectivity index (χ2n) is 4.62. The Kier molecular flexibility index (Phi) is 6.83. The molecule has 0 aromatic heterocycles. The molecule has 1 rings (SSSR count). The van der Waals surface area contributed by atoms with Crippen LogP contribution in [0.15, 0.2) is 18.2 Å². The van der Waals surface area contributed by atoms with Gasteiger partial charge < -0.3 is 0 Å². The predicted octanol–water partition coefficient (Wildman–Crippen LogP) is 3.83. The lowest BCUT2D eigenvalue weighted by molar-refractivity contribution is 0.472. The average Bonchev–Trinajstić information content (AvgIpc) is 2.32. The molecule has 0 saturated carbocycles. The summed E-state index contributed by atoms with van der Waals surface area (Å²) in [7, 11) is 0. The fourth-order valence-corrected chi connectivity index (χ4v) is 2.07. The topological polar surface area (TPSA) is 38.0 Å². The van der Waals surface area contributed by atoms with Crippen LogP contribution >= 0.6 is 0 Å². The summed E-state index contributed by atoms with van der Waals surface area (Å²) in [5.41, 5.74) is 3.20. The molecule has 0 bridgehead atoms. The van der Waals surface area contributed by atoms with Gasteiger partial charge in [0.05, 0.1) is 0 Å². The first kappa shape index (κ1) is 15.1. The Morgan fingerprint density at radius 2 is 1.67 bits per heavy atom. The zero-order valence-electron chi connectivity index (χ0n) is 10.9. The van der Waals surface area contributed by atoms with Gasteiger partial charge in [0.25, 0.3) is 0 Å². The van der Waals surface area contributed by atoms with E-state index in [1.165, 1.54) is 31.4 Å². The van der Waals surface area contributed by atoms with Gasteiger partial charge in [-0.05, 0) is 24.1 Å². The third kappa shape index (κ3) is 5.10. The fourth-order valence-electron chi connectivity index (χ4n) is 2.07. The molecule has 102 valence electrons. The van der Waals surface area contributed by atoms with Crippen molar-refractivity contribution in [3.8, 4) is 0 Å². The van der Waals surface area contributed by atoms with E-state index in [0.717, 1.165) is 25.3 Å². The van der Waals surface area contributed by atoms with Crippen molar-refractivity contribution in [2.24, 2.45) is 5.84 Å². The maximum Gasteiger partial charge on any atom is 0.126 e. The molecule has 18 heavy (non-hydrogen) atoms. The Morgan fingerprint density at radius 3 is 2.22 bits per heavy atom. The third-order valence-corrected chi connectivity index (χ3v) is 3.08. The molecule has 0 saturated heterocycles. The Morgan fingerprint density at radius 1 is 1.06 bits per heavy atom. The molecule has 0 aliphatic heterocycles. The minimum Gasteiger partial charge on any atom is -0.271 e. The van der Waals surface area contributed by atoms with Gasteiger partial charge in [-0.1, -0.05) is 39.0 Å². The molecule has 0 radical (unpaired) electrons. The summed E-state index contributed by atoms with van der Waals surface area (Å²) in [5, 5.41) is 0. The molecule has 1 atom stereocenters. The van der Waals surface area contributed by atoms with Gasteiger partial charge in [0.15, 0.2) is 0 Å². The number of nitrogens with one attached hydrogen (secondary N) is 1. The number of rotatable bonds is 8. The number of hydrazine groups is 1. The van der Waals surface area contributed by atoms with Gasteiger partial charge in [-0.15, -0.1) is 0 Å². The summed E-state index contributed by atoms with van der Waals surface area (Å²) >= 11 is 0. The van der Waals surface area contributed by atoms with E-state index < -0.39 is 11.6 Å². The molecule has 0 aliphatic rings. The highest BCUT2D eigenvalue weighted by Gasteiger charge is 2.11. The first-order valence-corrected chi connectivity index (χ1v) is 6.59. The van der Waals surface area contributed by atoms with E-state index in [1.54, 1.807) is 0 Å². The van der Waals surface area contributed by atoms with Crippen molar-refractivity contribution >= 4 is 0 Å². The summed E-state index contributed by atoms with van der Waals surface area (Å²) < 4.78 is 26.2. The molecule has 0 fully saturated rings. The fraction of sp³-hybridized carbons (Fsp3) is 0.571. The van der Waals surface area contributed by atoms with Crippen molar-refractivity contribution in [2.75, 3.05) is 0 Å². The van der Waals surface area contributed by atoms with E-state index in [9.17, 15) is 8.78 Å². The van der Waals surface area contributed by atoms with Crippen LogP contribution in [0.1, 0.15) is 57.1 Å². The first-order valence-electron chi connectivity index (χ1n) is 6.59. The van der Waals surface area contributed by atoms with Crippen LogP contribution in [-0.4, -0.2) is 0 Å². The highest BCUT2D eigenvalue weighted by Crippen LogP contribution is 2.21. The molecule has 1 unspecified atom stereocenters. The number of benzene rings is 1. The van der Waals surface area contributed by atoms with E-state index in [0.29, 0.717) is 5.56 Å². The molecular formula is C14H22F2N2. The summed E-state index contributed by atoms with van der Waals surface area (Å²) in [4.78, 5) is 0. The average molecular weight is 256 g/mol. The Balaban J connectivity index is 2.49. The number of halogens is 2. The van der Waals surface area contributed by atoms with Crippen molar-refractivity contribution in [3.05, 3.63) is 35.4 Å². The van der Waals surface area contributed by atoms with Crippen LogP contribution in [0.3, 0.4) is 0 Å². The van der Waals surface area contributed by atoms with Crippen molar-refractivity contribution in [3.63, 3.8) is 0 Å². The standard InChI is InChI=1S/C14H22F2N2/c1-2-3-4-5-6-7-14(18-17)11-8-12(15)10-13(16)9-11/h8-10,14,18H,2-7,17H2,1H3. The van der Waals surface area contributed by atoms with Gasteiger partial charge in [-0.25, -0.2) is 8.78 Å². The minimum atomic E-state index is -0.559. The molecule has 0 spiro atoms. The van der Waals surface area contributed by atoms with Crippen molar-refractivity contribution in [1.82, 2.24) is 5.43 Å². The summed E-state index contributed by atoms with van der Waals surface area (Å²) in [6, 6.07) is 3.36. The second kappa shape index (κ2) is 8.16. The van der Waals surface area contributed by atoms with E-state index in [1.807, 2.05) is 0 Å². The van der Waals surface area contributed by atoms with Gasteiger partial charge in [0, 0.05) is 12.1 Å². The molecule has 0 heterocycles. The quantitative estimate of drug-likeness (QED) is 0.421. The lowest BCUT2D eigenvalue weighted by Crippen LogP contribution is -2.28. The monoisotopic (exact) mass is 256 g/mol. The molecule has 3 N–H and O–H groups in total. The lowest BCUT2D eigenvalue weighted by atomic mass is 10.00. The third-order valence-electron chi connectivity index (χ3n) is 3.08. The predicted molar refractivity (Wildman–Crippen MR) is 69.8 cm³/mol. The SMILES string of the molecule is CCCCCCCC(NN)c1cc(F)cc(F)c1. The van der Waals surface area contributed by atoms with E-state index in [2.05, 4.69) is 12.3 Å². The first-order chi connectivity index (χ1) is 8.67. The number of hydrogen-bond acceptors (Lipinski definition) is 2. The smallest absolute Gasteiger partial charge is 0.126 e. The Hall–Kier alpha value is -1.00. The van der Waals surface area contributed by atoms with Crippen LogP contribution in [0.25, 0.3) is 0 Å². The normalized spacial score (nSPS) is 12.7. The molecule has 1 aromatic rings. The molecule has 2 nitrogen and oxygen atoms in total. The highest BCUT2D eigenvalue weighted by atomic mass is 19.1. The minimum absolute atomic E-state index is 0.183. The molecule has 1 aromatic carbocycles. The van der Waals surface area contributed by atoms with Crippen molar-refractivity contribution < 1.29 is 8.78 Å².